The van der Waals surface area contributed by atoms with Gasteiger partial charge in [-0.25, -0.2) is 14.6 Å². The second kappa shape index (κ2) is 8.73. The Morgan fingerprint density at radius 1 is 1.19 bits per heavy atom. The van der Waals surface area contributed by atoms with Crippen LogP contribution in [0, 0.1) is 5.92 Å². The predicted octanol–water partition coefficient (Wildman–Crippen LogP) is 2.03. The van der Waals surface area contributed by atoms with E-state index in [4.69, 9.17) is 22.1 Å². The molecule has 31 heavy (non-hydrogen) atoms. The summed E-state index contributed by atoms with van der Waals surface area (Å²) in [6, 6.07) is 7.95. The zero-order chi connectivity index (χ0) is 22.9. The van der Waals surface area contributed by atoms with Crippen LogP contribution in [0.4, 0.5) is 5.82 Å². The monoisotopic (exact) mass is 444 g/mol. The Hall–Kier alpha value is -3.46. The molecule has 0 atom stereocenters. The first-order valence-corrected chi connectivity index (χ1v) is 9.84. The quantitative estimate of drug-likeness (QED) is 0.350. The summed E-state index contributed by atoms with van der Waals surface area (Å²) in [6.45, 7) is 3.27. The SMILES string of the molecule is CC(C)Cn1c(N)c(C(=O)COC(=O)c2ccc3nc(Cl)ccc3c2)c(=O)n(C)c1=O. The van der Waals surface area contributed by atoms with Gasteiger partial charge in [0.15, 0.2) is 6.61 Å². The normalized spacial score (nSPS) is 11.1. The Morgan fingerprint density at radius 2 is 1.90 bits per heavy atom. The Balaban J connectivity index is 1.84. The van der Waals surface area contributed by atoms with Gasteiger partial charge in [0.25, 0.3) is 5.56 Å². The molecule has 1 aromatic carbocycles. The fraction of sp³-hybridized carbons (Fsp3) is 0.286. The molecule has 3 aromatic rings. The summed E-state index contributed by atoms with van der Waals surface area (Å²) >= 11 is 5.85. The largest absolute Gasteiger partial charge is 0.454 e. The number of hydrogen-bond donors (Lipinski definition) is 1. The van der Waals surface area contributed by atoms with Crippen LogP contribution in [0.5, 0.6) is 0 Å². The lowest BCUT2D eigenvalue weighted by Gasteiger charge is -2.16. The number of Topliss-reactive ketones (excluding diaryl/α,β-unsaturated/α-hetero) is 1. The van der Waals surface area contributed by atoms with Crippen molar-refractivity contribution < 1.29 is 14.3 Å². The van der Waals surface area contributed by atoms with Crippen molar-refractivity contribution in [1.82, 2.24) is 14.1 Å². The van der Waals surface area contributed by atoms with Crippen molar-refractivity contribution in [2.24, 2.45) is 13.0 Å². The van der Waals surface area contributed by atoms with Crippen molar-refractivity contribution in [3.05, 3.63) is 67.4 Å². The summed E-state index contributed by atoms with van der Waals surface area (Å²) in [7, 11) is 1.26. The molecule has 0 radical (unpaired) electrons. The summed E-state index contributed by atoms with van der Waals surface area (Å²) < 4.78 is 7.08. The molecule has 0 unspecified atom stereocenters. The lowest BCUT2D eigenvalue weighted by Crippen LogP contribution is -2.43. The second-order valence-electron chi connectivity index (χ2n) is 7.45. The molecule has 0 aliphatic carbocycles. The predicted molar refractivity (Wildman–Crippen MR) is 117 cm³/mol. The Bertz CT molecular complexity index is 1310. The third kappa shape index (κ3) is 4.51. The number of hydrogen-bond acceptors (Lipinski definition) is 7. The summed E-state index contributed by atoms with van der Waals surface area (Å²) in [5, 5.41) is 0.996. The van der Waals surface area contributed by atoms with Crippen molar-refractivity contribution in [3.8, 4) is 0 Å². The van der Waals surface area contributed by atoms with Crippen LogP contribution in [-0.2, 0) is 18.3 Å². The van der Waals surface area contributed by atoms with E-state index in [9.17, 15) is 19.2 Å². The van der Waals surface area contributed by atoms with Gasteiger partial charge in [-0.2, -0.15) is 0 Å². The molecule has 9 nitrogen and oxygen atoms in total. The van der Waals surface area contributed by atoms with Gasteiger partial charge >= 0.3 is 11.7 Å². The molecule has 0 spiro atoms. The maximum atomic E-state index is 12.7. The molecule has 0 fully saturated rings. The number of halogens is 1. The summed E-state index contributed by atoms with van der Waals surface area (Å²) in [4.78, 5) is 54.0. The molecule has 2 aromatic heterocycles. The van der Waals surface area contributed by atoms with E-state index < -0.39 is 29.6 Å². The van der Waals surface area contributed by atoms with E-state index in [1.807, 2.05) is 13.8 Å². The second-order valence-corrected chi connectivity index (χ2v) is 7.84. The minimum atomic E-state index is -0.836. The van der Waals surface area contributed by atoms with Gasteiger partial charge in [0.1, 0.15) is 16.5 Å². The number of aromatic nitrogens is 3. The molecular formula is C21H21ClN4O5. The lowest BCUT2D eigenvalue weighted by molar-refractivity contribution is 0.0474. The molecule has 0 saturated carbocycles. The molecule has 2 heterocycles. The number of nitrogens with zero attached hydrogens (tertiary/aromatic N) is 3. The average molecular weight is 445 g/mol. The van der Waals surface area contributed by atoms with E-state index in [0.717, 1.165) is 4.57 Å². The van der Waals surface area contributed by atoms with Gasteiger partial charge in [0.05, 0.1) is 11.1 Å². The van der Waals surface area contributed by atoms with Gasteiger partial charge in [-0.05, 0) is 36.2 Å². The average Bonchev–Trinajstić information content (AvgIpc) is 2.73. The molecule has 0 amide bonds. The third-order valence-electron chi connectivity index (χ3n) is 4.64. The first-order chi connectivity index (χ1) is 14.6. The van der Waals surface area contributed by atoms with Gasteiger partial charge in [0.2, 0.25) is 5.78 Å². The number of carbonyl (C=O) groups excluding carboxylic acids is 2. The number of ether oxygens (including phenoxy) is 1. The van der Waals surface area contributed by atoms with Crippen LogP contribution in [-0.4, -0.2) is 32.5 Å². The number of benzene rings is 1. The Kier molecular flexibility index (Phi) is 6.26. The number of anilines is 1. The van der Waals surface area contributed by atoms with Gasteiger partial charge in [-0.15, -0.1) is 0 Å². The highest BCUT2D eigenvalue weighted by Crippen LogP contribution is 2.18. The number of nitrogens with two attached hydrogens (primary N) is 1. The van der Waals surface area contributed by atoms with Crippen molar-refractivity contribution in [3.63, 3.8) is 0 Å². The summed E-state index contributed by atoms with van der Waals surface area (Å²) in [5.41, 5.74) is 4.94. The zero-order valence-corrected chi connectivity index (χ0v) is 18.0. The van der Waals surface area contributed by atoms with E-state index >= 15 is 0 Å². The van der Waals surface area contributed by atoms with Crippen LogP contribution in [0.3, 0.4) is 0 Å². The number of nitrogen functional groups attached to an aromatic ring is 1. The minimum absolute atomic E-state index is 0.0514. The van der Waals surface area contributed by atoms with Crippen molar-refractivity contribution >= 4 is 40.1 Å². The Morgan fingerprint density at radius 3 is 2.58 bits per heavy atom. The van der Waals surface area contributed by atoms with Gasteiger partial charge in [-0.3, -0.25) is 18.7 Å². The smallest absolute Gasteiger partial charge is 0.338 e. The van der Waals surface area contributed by atoms with E-state index in [0.29, 0.717) is 16.1 Å². The molecule has 0 aliphatic heterocycles. The Labute approximate surface area is 182 Å². The maximum absolute atomic E-state index is 12.7. The molecule has 10 heteroatoms. The molecule has 3 rings (SSSR count). The van der Waals surface area contributed by atoms with Crippen LogP contribution >= 0.6 is 11.6 Å². The number of carbonyl (C=O) groups is 2. The van der Waals surface area contributed by atoms with Crippen LogP contribution in [0.1, 0.15) is 34.6 Å². The number of pyridine rings is 1. The van der Waals surface area contributed by atoms with Crippen molar-refractivity contribution in [2.75, 3.05) is 12.3 Å². The number of rotatable bonds is 6. The van der Waals surface area contributed by atoms with Crippen LogP contribution in [0.2, 0.25) is 5.15 Å². The maximum Gasteiger partial charge on any atom is 0.338 e. The summed E-state index contributed by atoms with van der Waals surface area (Å²) in [5.74, 6) is -1.73. The topological polar surface area (TPSA) is 126 Å². The molecule has 0 saturated heterocycles. The van der Waals surface area contributed by atoms with Crippen molar-refractivity contribution in [1.29, 1.82) is 0 Å². The molecule has 162 valence electrons. The van der Waals surface area contributed by atoms with Crippen LogP contribution < -0.4 is 17.0 Å². The van der Waals surface area contributed by atoms with E-state index in [2.05, 4.69) is 4.98 Å². The number of fused-ring (bicyclic) bond motifs is 1. The fourth-order valence-electron chi connectivity index (χ4n) is 3.10. The van der Waals surface area contributed by atoms with E-state index in [1.54, 1.807) is 24.3 Å². The first kappa shape index (κ1) is 22.2. The first-order valence-electron chi connectivity index (χ1n) is 9.46. The van der Waals surface area contributed by atoms with Crippen molar-refractivity contribution in [2.45, 2.75) is 20.4 Å². The van der Waals surface area contributed by atoms with Gasteiger partial charge in [0, 0.05) is 19.0 Å². The number of ketones is 1. The summed E-state index contributed by atoms with van der Waals surface area (Å²) in [6.07, 6.45) is 0. The lowest BCUT2D eigenvalue weighted by atomic mass is 10.1. The third-order valence-corrected chi connectivity index (χ3v) is 4.85. The van der Waals surface area contributed by atoms with Gasteiger partial charge < -0.3 is 10.5 Å². The highest BCUT2D eigenvalue weighted by atomic mass is 35.5. The van der Waals surface area contributed by atoms with Crippen LogP contribution in [0.25, 0.3) is 10.9 Å². The van der Waals surface area contributed by atoms with E-state index in [1.165, 1.54) is 17.7 Å². The molecular weight excluding hydrogens is 424 g/mol. The molecule has 0 aliphatic rings. The standard InChI is InChI=1S/C21H21ClN4O5/c1-11(2)9-26-18(23)17(19(28)25(3)21(26)30)15(27)10-31-20(29)13-4-6-14-12(8-13)5-7-16(22)24-14/h4-8,11H,9-10,23H2,1-3H3. The zero-order valence-electron chi connectivity index (χ0n) is 17.2. The number of esters is 1. The fourth-order valence-corrected chi connectivity index (χ4v) is 3.26. The minimum Gasteiger partial charge on any atom is -0.454 e. The highest BCUT2D eigenvalue weighted by molar-refractivity contribution is 6.29. The van der Waals surface area contributed by atoms with E-state index in [-0.39, 0.29) is 29.4 Å². The van der Waals surface area contributed by atoms with Gasteiger partial charge in [-0.1, -0.05) is 25.4 Å². The highest BCUT2D eigenvalue weighted by Gasteiger charge is 2.23. The molecule has 2 N–H and O–H groups in total. The molecule has 0 bridgehead atoms. The van der Waals surface area contributed by atoms with Crippen LogP contribution in [0.15, 0.2) is 39.9 Å².